The van der Waals surface area contributed by atoms with Gasteiger partial charge in [-0.1, -0.05) is 0 Å². The van der Waals surface area contributed by atoms with Gasteiger partial charge in [-0.05, 0) is 6.92 Å². The Morgan fingerprint density at radius 1 is 1.78 bits per heavy atom. The van der Waals surface area contributed by atoms with E-state index in [1.54, 1.807) is 6.92 Å². The molecular weight excluding hydrogens is 265 g/mol. The molecule has 0 rings (SSSR count). The van der Waals surface area contributed by atoms with Crippen LogP contribution in [0.15, 0.2) is 0 Å². The summed E-state index contributed by atoms with van der Waals surface area (Å²) in [4.78, 5) is 7.88. The molecule has 0 heterocycles. The number of halogens is 2. The summed E-state index contributed by atoms with van der Waals surface area (Å²) in [6, 6.07) is 0. The minimum absolute atomic E-state index is 0.314. The molecule has 0 aliphatic rings. The van der Waals surface area contributed by atoms with E-state index in [0.717, 1.165) is 0 Å². The summed E-state index contributed by atoms with van der Waals surface area (Å²) in [6.45, 7) is 1.98. The Morgan fingerprint density at radius 3 is 2.11 bits per heavy atom. The van der Waals surface area contributed by atoms with Crippen molar-refractivity contribution >= 4 is 25.3 Å². The van der Waals surface area contributed by atoms with Gasteiger partial charge in [-0.2, -0.15) is 0 Å². The Morgan fingerprint density at radius 2 is 2.11 bits per heavy atom. The Labute approximate surface area is 73.3 Å². The first-order valence-electron chi connectivity index (χ1n) is 2.01. The van der Waals surface area contributed by atoms with Crippen molar-refractivity contribution in [3.63, 3.8) is 0 Å². The molecule has 0 fully saturated rings. The quantitative estimate of drug-likeness (QED) is 0.779. The van der Waals surface area contributed by atoms with Gasteiger partial charge in [-0.25, -0.2) is 0 Å². The maximum atomic E-state index is 9.56. The van der Waals surface area contributed by atoms with Gasteiger partial charge in [-0.3, -0.25) is 4.57 Å². The molecular formula is C2H7Cl2O3PZr. The van der Waals surface area contributed by atoms with Crippen LogP contribution in [0.25, 0.3) is 0 Å². The molecule has 0 aromatic rings. The van der Waals surface area contributed by atoms with Crippen LogP contribution in [0.5, 0.6) is 0 Å². The average Bonchev–Trinajstić information content (AvgIpc) is 1.67. The van der Waals surface area contributed by atoms with Gasteiger partial charge in [0.1, 0.15) is 0 Å². The Balaban J connectivity index is 0. The van der Waals surface area contributed by atoms with Crippen LogP contribution in [-0.2, 0) is 29.9 Å². The third-order valence-corrected chi connectivity index (χ3v) is 0.803. The molecule has 0 aliphatic carbocycles. The standard InChI is InChI=1S/C2H7O3P.2ClH.Zr/c1-2-5-6(3)4;;;/h6H,2H2,1H3,(H,3,4);2*1H;/q;;;+2/p-2. The van der Waals surface area contributed by atoms with Crippen LogP contribution in [0, 0.1) is 0 Å². The van der Waals surface area contributed by atoms with Crippen molar-refractivity contribution in [3.05, 3.63) is 0 Å². The van der Waals surface area contributed by atoms with E-state index in [9.17, 15) is 4.57 Å². The minimum atomic E-state index is -2.64. The zero-order valence-electron chi connectivity index (χ0n) is 4.73. The first-order chi connectivity index (χ1) is 4.18. The van der Waals surface area contributed by atoms with E-state index in [4.69, 9.17) is 21.9 Å². The van der Waals surface area contributed by atoms with E-state index in [0.29, 0.717) is 6.61 Å². The molecule has 0 bridgehead atoms. The first-order valence-corrected chi connectivity index (χ1v) is 9.60. The van der Waals surface area contributed by atoms with E-state index in [1.165, 1.54) is 0 Å². The van der Waals surface area contributed by atoms with Crippen molar-refractivity contribution < 1.29 is 34.8 Å². The van der Waals surface area contributed by atoms with Crippen LogP contribution in [0.1, 0.15) is 6.92 Å². The summed E-state index contributed by atoms with van der Waals surface area (Å²) in [5.41, 5.74) is 0. The summed E-state index contributed by atoms with van der Waals surface area (Å²) in [5, 5.41) is 0. The fraction of sp³-hybridized carbons (Fsp3) is 1.00. The van der Waals surface area contributed by atoms with E-state index < -0.39 is 29.1 Å². The van der Waals surface area contributed by atoms with Crippen LogP contribution >= 0.6 is 25.3 Å². The van der Waals surface area contributed by atoms with Crippen LogP contribution in [0.4, 0.5) is 0 Å². The van der Waals surface area contributed by atoms with Crippen molar-refractivity contribution in [1.82, 2.24) is 0 Å². The van der Waals surface area contributed by atoms with Gasteiger partial charge >= 0.3 is 46.1 Å². The van der Waals surface area contributed by atoms with Gasteiger partial charge < -0.3 is 9.42 Å². The molecule has 0 aromatic heterocycles. The van der Waals surface area contributed by atoms with Crippen molar-refractivity contribution in [2.45, 2.75) is 6.92 Å². The summed E-state index contributed by atoms with van der Waals surface area (Å²) in [6.07, 6.45) is 0. The molecule has 1 unspecified atom stereocenters. The predicted molar refractivity (Wildman–Crippen MR) is 34.6 cm³/mol. The SMILES string of the molecule is CCO[PH](=O)O.[Cl][Zr][Cl]. The zero-order chi connectivity index (χ0) is 7.70. The molecule has 9 heavy (non-hydrogen) atoms. The second-order valence-electron chi connectivity index (χ2n) is 0.770. The van der Waals surface area contributed by atoms with Gasteiger partial charge in [0, 0.05) is 0 Å². The molecule has 0 amide bonds. The summed E-state index contributed by atoms with van der Waals surface area (Å²) in [7, 11) is 7.23. The third-order valence-electron chi connectivity index (χ3n) is 0.268. The van der Waals surface area contributed by atoms with Crippen LogP contribution in [-0.4, -0.2) is 11.5 Å². The average molecular weight is 272 g/mol. The normalized spacial score (nSPS) is 11.1. The Hall–Kier alpha value is 1.61. The van der Waals surface area contributed by atoms with Gasteiger partial charge in [0.2, 0.25) is 0 Å². The molecule has 0 spiro atoms. The predicted octanol–water partition coefficient (Wildman–Crippen LogP) is 1.78. The fourth-order valence-corrected chi connectivity index (χ4v) is 0.370. The maximum absolute atomic E-state index is 9.56. The first kappa shape index (κ1) is 13.2. The second kappa shape index (κ2) is 12.3. The number of hydrogen-bond donors (Lipinski definition) is 1. The summed E-state index contributed by atoms with van der Waals surface area (Å²) < 4.78 is 13.7. The van der Waals surface area contributed by atoms with E-state index >= 15 is 0 Å². The van der Waals surface area contributed by atoms with Gasteiger partial charge in [0.15, 0.2) is 0 Å². The fourth-order valence-electron chi connectivity index (χ4n) is 0.123. The second-order valence-corrected chi connectivity index (χ2v) is 5.32. The molecule has 0 aromatic carbocycles. The Kier molecular flexibility index (Phi) is 18.1. The summed E-state index contributed by atoms with van der Waals surface area (Å²) >= 11 is -0.826. The van der Waals surface area contributed by atoms with Crippen molar-refractivity contribution in [2.75, 3.05) is 6.61 Å². The third kappa shape index (κ3) is 26.2. The molecule has 0 saturated carbocycles. The molecule has 0 saturated heterocycles. The van der Waals surface area contributed by atoms with Crippen LogP contribution in [0.2, 0.25) is 0 Å². The molecule has 56 valence electrons. The van der Waals surface area contributed by atoms with Gasteiger partial charge in [-0.15, -0.1) is 0 Å². The molecule has 0 aliphatic heterocycles. The zero-order valence-corrected chi connectivity index (χ0v) is 9.70. The van der Waals surface area contributed by atoms with E-state index in [-0.39, 0.29) is 0 Å². The summed E-state index contributed by atoms with van der Waals surface area (Å²) in [5.74, 6) is 0. The van der Waals surface area contributed by atoms with Crippen molar-refractivity contribution in [3.8, 4) is 0 Å². The van der Waals surface area contributed by atoms with Crippen LogP contribution in [0.3, 0.4) is 0 Å². The van der Waals surface area contributed by atoms with E-state index in [2.05, 4.69) is 4.52 Å². The van der Waals surface area contributed by atoms with E-state index in [1.807, 2.05) is 0 Å². The molecule has 0 radical (unpaired) electrons. The van der Waals surface area contributed by atoms with Crippen molar-refractivity contribution in [2.24, 2.45) is 0 Å². The molecule has 1 atom stereocenters. The van der Waals surface area contributed by atoms with Crippen LogP contribution < -0.4 is 0 Å². The van der Waals surface area contributed by atoms with Gasteiger partial charge in [0.05, 0.1) is 6.61 Å². The molecule has 7 heteroatoms. The van der Waals surface area contributed by atoms with Crippen molar-refractivity contribution in [1.29, 1.82) is 0 Å². The molecule has 3 nitrogen and oxygen atoms in total. The molecule has 1 N–H and O–H groups in total. The number of rotatable bonds is 2. The topological polar surface area (TPSA) is 46.5 Å². The monoisotopic (exact) mass is 270 g/mol. The van der Waals surface area contributed by atoms with Gasteiger partial charge in [0.25, 0.3) is 0 Å². The Bertz CT molecular complexity index is 72.8. The number of hydrogen-bond acceptors (Lipinski definition) is 2.